The molecule has 19 heavy (non-hydrogen) atoms. The maximum atomic E-state index is 12.1. The van der Waals surface area contributed by atoms with Crippen LogP contribution >= 0.6 is 0 Å². The summed E-state index contributed by atoms with van der Waals surface area (Å²) in [5.74, 6) is 0.0584. The van der Waals surface area contributed by atoms with E-state index in [1.54, 1.807) is 18.2 Å². The number of nitrogens with two attached hydrogens (primary N) is 1. The second-order valence-corrected chi connectivity index (χ2v) is 6.73. The molecule has 1 aromatic rings. The smallest absolute Gasteiger partial charge is 0.257 e. The van der Waals surface area contributed by atoms with Crippen LogP contribution in [0.4, 0.5) is 5.69 Å². The SMILES string of the molecule is COc1cccc(N)c1C(=O)NC1CCS(=O)(=O)C1. The summed E-state index contributed by atoms with van der Waals surface area (Å²) in [6.45, 7) is 0. The fourth-order valence-corrected chi connectivity index (χ4v) is 3.80. The molecular formula is C12H16N2O4S. The van der Waals surface area contributed by atoms with Gasteiger partial charge >= 0.3 is 0 Å². The normalized spacial score (nSPS) is 21.0. The summed E-state index contributed by atoms with van der Waals surface area (Å²) in [4.78, 5) is 12.1. The predicted molar refractivity (Wildman–Crippen MR) is 71.9 cm³/mol. The first-order valence-corrected chi connectivity index (χ1v) is 7.69. The summed E-state index contributed by atoms with van der Waals surface area (Å²) < 4.78 is 27.8. The third kappa shape index (κ3) is 2.98. The summed E-state index contributed by atoms with van der Waals surface area (Å²) in [6, 6.07) is 4.56. The van der Waals surface area contributed by atoms with Crippen molar-refractivity contribution in [1.29, 1.82) is 0 Å². The second-order valence-electron chi connectivity index (χ2n) is 4.50. The van der Waals surface area contributed by atoms with Gasteiger partial charge in [0.15, 0.2) is 9.84 Å². The highest BCUT2D eigenvalue weighted by molar-refractivity contribution is 7.91. The van der Waals surface area contributed by atoms with Crippen LogP contribution in [0.5, 0.6) is 5.75 Å². The van der Waals surface area contributed by atoms with Crippen molar-refractivity contribution in [3.8, 4) is 5.75 Å². The number of carbonyl (C=O) groups excluding carboxylic acids is 1. The number of hydrogen-bond acceptors (Lipinski definition) is 5. The van der Waals surface area contributed by atoms with E-state index in [-0.39, 0.29) is 23.1 Å². The number of sulfone groups is 1. The Morgan fingerprint density at radius 2 is 2.21 bits per heavy atom. The third-order valence-electron chi connectivity index (χ3n) is 3.07. The molecule has 1 atom stereocenters. The first-order valence-electron chi connectivity index (χ1n) is 5.87. The van der Waals surface area contributed by atoms with Crippen molar-refractivity contribution in [3.63, 3.8) is 0 Å². The van der Waals surface area contributed by atoms with E-state index in [1.807, 2.05) is 0 Å². The van der Waals surface area contributed by atoms with Crippen molar-refractivity contribution in [1.82, 2.24) is 5.32 Å². The molecule has 1 aliphatic heterocycles. The van der Waals surface area contributed by atoms with Crippen molar-refractivity contribution in [3.05, 3.63) is 23.8 Å². The van der Waals surface area contributed by atoms with E-state index in [0.717, 1.165) is 0 Å². The van der Waals surface area contributed by atoms with E-state index in [1.165, 1.54) is 7.11 Å². The van der Waals surface area contributed by atoms with Crippen LogP contribution in [-0.2, 0) is 9.84 Å². The van der Waals surface area contributed by atoms with E-state index >= 15 is 0 Å². The third-order valence-corrected chi connectivity index (χ3v) is 4.84. The zero-order valence-electron chi connectivity index (χ0n) is 10.5. The van der Waals surface area contributed by atoms with Crippen LogP contribution < -0.4 is 15.8 Å². The van der Waals surface area contributed by atoms with Gasteiger partial charge in [-0.2, -0.15) is 0 Å². The van der Waals surface area contributed by atoms with Crippen molar-refractivity contribution in [2.75, 3.05) is 24.3 Å². The van der Waals surface area contributed by atoms with Gasteiger partial charge in [-0.05, 0) is 18.6 Å². The molecule has 3 N–H and O–H groups in total. The van der Waals surface area contributed by atoms with Crippen molar-refractivity contribution >= 4 is 21.4 Å². The lowest BCUT2D eigenvalue weighted by Gasteiger charge is -2.14. The van der Waals surface area contributed by atoms with E-state index < -0.39 is 15.7 Å². The van der Waals surface area contributed by atoms with Crippen LogP contribution in [0.15, 0.2) is 18.2 Å². The standard InChI is InChI=1S/C12H16N2O4S/c1-18-10-4-2-3-9(13)11(10)12(15)14-8-5-6-19(16,17)7-8/h2-4,8H,5-7,13H2,1H3,(H,14,15). The lowest BCUT2D eigenvalue weighted by atomic mass is 10.1. The Morgan fingerprint density at radius 1 is 1.47 bits per heavy atom. The molecule has 1 aromatic carbocycles. The molecule has 0 aliphatic carbocycles. The number of nitrogens with one attached hydrogen (secondary N) is 1. The Labute approximate surface area is 111 Å². The lowest BCUT2D eigenvalue weighted by Crippen LogP contribution is -2.36. The first kappa shape index (κ1) is 13.7. The van der Waals surface area contributed by atoms with E-state index in [2.05, 4.69) is 5.32 Å². The second kappa shape index (κ2) is 5.08. The highest BCUT2D eigenvalue weighted by atomic mass is 32.2. The van der Waals surface area contributed by atoms with E-state index in [4.69, 9.17) is 10.5 Å². The highest BCUT2D eigenvalue weighted by Crippen LogP contribution is 2.24. The van der Waals surface area contributed by atoms with E-state index in [9.17, 15) is 13.2 Å². The summed E-state index contributed by atoms with van der Waals surface area (Å²) in [5, 5.41) is 2.69. The molecule has 0 spiro atoms. The number of amides is 1. The Bertz CT molecular complexity index is 598. The molecular weight excluding hydrogens is 268 g/mol. The van der Waals surface area contributed by atoms with E-state index in [0.29, 0.717) is 17.9 Å². The molecule has 0 bridgehead atoms. The first-order chi connectivity index (χ1) is 8.93. The van der Waals surface area contributed by atoms with Crippen LogP contribution in [0.3, 0.4) is 0 Å². The van der Waals surface area contributed by atoms with Crippen molar-refractivity contribution in [2.45, 2.75) is 12.5 Å². The topological polar surface area (TPSA) is 98.5 Å². The Balaban J connectivity index is 2.17. The van der Waals surface area contributed by atoms with Crippen LogP contribution in [-0.4, -0.2) is 39.0 Å². The lowest BCUT2D eigenvalue weighted by molar-refractivity contribution is 0.0939. The molecule has 1 unspecified atom stereocenters. The zero-order chi connectivity index (χ0) is 14.0. The maximum absolute atomic E-state index is 12.1. The Morgan fingerprint density at radius 3 is 2.79 bits per heavy atom. The minimum atomic E-state index is -3.03. The monoisotopic (exact) mass is 284 g/mol. The molecule has 1 heterocycles. The van der Waals surface area contributed by atoms with Gasteiger partial charge in [-0.1, -0.05) is 6.07 Å². The molecule has 1 amide bonds. The number of nitrogen functional groups attached to an aromatic ring is 1. The fourth-order valence-electron chi connectivity index (χ4n) is 2.13. The maximum Gasteiger partial charge on any atom is 0.257 e. The van der Waals surface area contributed by atoms with Gasteiger partial charge < -0.3 is 15.8 Å². The van der Waals surface area contributed by atoms with Crippen LogP contribution in [0.1, 0.15) is 16.8 Å². The molecule has 2 rings (SSSR count). The summed E-state index contributed by atoms with van der Waals surface area (Å²) in [5.41, 5.74) is 6.31. The number of ether oxygens (including phenoxy) is 1. The molecule has 0 aromatic heterocycles. The van der Waals surface area contributed by atoms with Gasteiger partial charge in [0.2, 0.25) is 0 Å². The van der Waals surface area contributed by atoms with Gasteiger partial charge in [0.05, 0.1) is 18.6 Å². The van der Waals surface area contributed by atoms with Crippen molar-refractivity contribution < 1.29 is 17.9 Å². The highest BCUT2D eigenvalue weighted by Gasteiger charge is 2.30. The summed E-state index contributed by atoms with van der Waals surface area (Å²) in [7, 11) is -1.58. The predicted octanol–water partition coefficient (Wildman–Crippen LogP) is 0.194. The molecule has 0 saturated carbocycles. The summed E-state index contributed by atoms with van der Waals surface area (Å²) >= 11 is 0. The number of benzene rings is 1. The molecule has 6 nitrogen and oxygen atoms in total. The largest absolute Gasteiger partial charge is 0.496 e. The average molecular weight is 284 g/mol. The number of rotatable bonds is 3. The minimum absolute atomic E-state index is 0.0200. The Kier molecular flexibility index (Phi) is 3.66. The molecule has 1 saturated heterocycles. The van der Waals surface area contributed by atoms with Gasteiger partial charge in [0.1, 0.15) is 11.3 Å². The molecule has 1 aliphatic rings. The van der Waals surface area contributed by atoms with Gasteiger partial charge in [-0.25, -0.2) is 8.42 Å². The van der Waals surface area contributed by atoms with Crippen LogP contribution in [0.25, 0.3) is 0 Å². The molecule has 104 valence electrons. The number of hydrogen-bond donors (Lipinski definition) is 2. The minimum Gasteiger partial charge on any atom is -0.496 e. The van der Waals surface area contributed by atoms with Gasteiger partial charge in [0, 0.05) is 11.7 Å². The average Bonchev–Trinajstić information content (AvgIpc) is 2.67. The van der Waals surface area contributed by atoms with Crippen LogP contribution in [0, 0.1) is 0 Å². The van der Waals surface area contributed by atoms with Crippen LogP contribution in [0.2, 0.25) is 0 Å². The summed E-state index contributed by atoms with van der Waals surface area (Å²) in [6.07, 6.45) is 0.434. The Hall–Kier alpha value is -1.76. The van der Waals surface area contributed by atoms with Crippen molar-refractivity contribution in [2.24, 2.45) is 0 Å². The quantitative estimate of drug-likeness (QED) is 0.772. The number of anilines is 1. The molecule has 1 fully saturated rings. The zero-order valence-corrected chi connectivity index (χ0v) is 11.4. The fraction of sp³-hybridized carbons (Fsp3) is 0.417. The van der Waals surface area contributed by atoms with Gasteiger partial charge in [-0.15, -0.1) is 0 Å². The van der Waals surface area contributed by atoms with Gasteiger partial charge in [0.25, 0.3) is 5.91 Å². The molecule has 0 radical (unpaired) electrons. The number of methoxy groups -OCH3 is 1. The molecule has 7 heteroatoms. The number of carbonyl (C=O) groups is 1. The van der Waals surface area contributed by atoms with Gasteiger partial charge in [-0.3, -0.25) is 4.79 Å².